The molecule has 0 aliphatic heterocycles. The molecule has 2 aromatic carbocycles. The highest BCUT2D eigenvalue weighted by molar-refractivity contribution is 5.98. The predicted octanol–water partition coefficient (Wildman–Crippen LogP) is 6.77. The minimum atomic E-state index is -1.21. The second-order valence-corrected chi connectivity index (χ2v) is 10.4. The Hall–Kier alpha value is -3.71. The molecule has 1 unspecified atom stereocenters. The number of rotatable bonds is 7. The Morgan fingerprint density at radius 2 is 1.70 bits per heavy atom. The molecule has 0 saturated carbocycles. The first-order chi connectivity index (χ1) is 17.4. The maximum atomic E-state index is 13.4. The van der Waals surface area contributed by atoms with Gasteiger partial charge in [-0.3, -0.25) is 0 Å². The van der Waals surface area contributed by atoms with Gasteiger partial charge in [0.25, 0.3) is 0 Å². The highest BCUT2D eigenvalue weighted by Crippen LogP contribution is 2.41. The standard InChI is InChI=1S/C30H33FN2O4/c1-17-14-21(15-18(2)26(17)36-7)25-23-12-13-33(16-20-8-10-22(31)11-9-20)28(23)32-19(3)24(25)27(29(34)35)37-30(4,5)6/h8-15,27H,16H2,1-7H3,(H,34,35). The first kappa shape index (κ1) is 26.4. The fourth-order valence-corrected chi connectivity index (χ4v) is 4.88. The third kappa shape index (κ3) is 5.37. The van der Waals surface area contributed by atoms with Crippen LogP contribution in [0.3, 0.4) is 0 Å². The van der Waals surface area contributed by atoms with Crippen LogP contribution in [0.5, 0.6) is 5.75 Å². The molecule has 1 N–H and O–H groups in total. The van der Waals surface area contributed by atoms with E-state index in [1.54, 1.807) is 19.2 Å². The van der Waals surface area contributed by atoms with Crippen molar-refractivity contribution in [2.45, 2.75) is 59.8 Å². The molecule has 6 nitrogen and oxygen atoms in total. The number of pyridine rings is 1. The molecule has 7 heteroatoms. The van der Waals surface area contributed by atoms with Gasteiger partial charge < -0.3 is 19.1 Å². The summed E-state index contributed by atoms with van der Waals surface area (Å²) in [5, 5.41) is 11.1. The van der Waals surface area contributed by atoms with E-state index in [1.807, 2.05) is 70.5 Å². The molecule has 0 fully saturated rings. The summed E-state index contributed by atoms with van der Waals surface area (Å²) in [6, 6.07) is 12.3. The quantitative estimate of drug-likeness (QED) is 0.301. The van der Waals surface area contributed by atoms with E-state index in [-0.39, 0.29) is 5.82 Å². The van der Waals surface area contributed by atoms with Crippen molar-refractivity contribution in [2.24, 2.45) is 0 Å². The van der Waals surface area contributed by atoms with Gasteiger partial charge in [0.1, 0.15) is 17.2 Å². The van der Waals surface area contributed by atoms with Crippen molar-refractivity contribution in [3.05, 3.63) is 82.4 Å². The smallest absolute Gasteiger partial charge is 0.337 e. The molecular formula is C30H33FN2O4. The van der Waals surface area contributed by atoms with E-state index in [0.29, 0.717) is 23.4 Å². The number of nitrogens with zero attached hydrogens (tertiary/aromatic N) is 2. The Bertz CT molecular complexity index is 1440. The van der Waals surface area contributed by atoms with Crippen LogP contribution in [0, 0.1) is 26.6 Å². The molecule has 2 aromatic heterocycles. The minimum Gasteiger partial charge on any atom is -0.496 e. The lowest BCUT2D eigenvalue weighted by Crippen LogP contribution is -2.28. The summed E-state index contributed by atoms with van der Waals surface area (Å²) in [6.07, 6.45) is 0.715. The van der Waals surface area contributed by atoms with Crippen LogP contribution >= 0.6 is 0 Å². The van der Waals surface area contributed by atoms with Gasteiger partial charge >= 0.3 is 5.97 Å². The van der Waals surface area contributed by atoms with Crippen LogP contribution in [0.1, 0.15) is 54.8 Å². The Balaban J connectivity index is 2.01. The maximum Gasteiger partial charge on any atom is 0.337 e. The summed E-state index contributed by atoms with van der Waals surface area (Å²) < 4.78 is 27.1. The van der Waals surface area contributed by atoms with Crippen LogP contribution in [0.4, 0.5) is 4.39 Å². The van der Waals surface area contributed by atoms with Crippen molar-refractivity contribution in [2.75, 3.05) is 7.11 Å². The average Bonchev–Trinajstić information content (AvgIpc) is 3.19. The van der Waals surface area contributed by atoms with E-state index in [2.05, 4.69) is 0 Å². The summed E-state index contributed by atoms with van der Waals surface area (Å²) in [4.78, 5) is 17.4. The lowest BCUT2D eigenvalue weighted by atomic mass is 9.90. The fraction of sp³-hybridized carbons (Fsp3) is 0.333. The van der Waals surface area contributed by atoms with Gasteiger partial charge in [-0.25, -0.2) is 14.2 Å². The number of ether oxygens (including phenoxy) is 2. The lowest BCUT2D eigenvalue weighted by Gasteiger charge is -2.28. The van der Waals surface area contributed by atoms with Crippen molar-refractivity contribution in [3.63, 3.8) is 0 Å². The Morgan fingerprint density at radius 3 is 2.24 bits per heavy atom. The molecule has 194 valence electrons. The first-order valence-electron chi connectivity index (χ1n) is 12.2. The average molecular weight is 505 g/mol. The van der Waals surface area contributed by atoms with E-state index in [4.69, 9.17) is 14.5 Å². The largest absolute Gasteiger partial charge is 0.496 e. The fourth-order valence-electron chi connectivity index (χ4n) is 4.88. The SMILES string of the molecule is COc1c(C)cc(-c2c(C(OC(C)(C)C)C(=O)O)c(C)nc3c2ccn3Cc2ccc(F)cc2)cc1C. The van der Waals surface area contributed by atoms with Gasteiger partial charge in [0, 0.05) is 34.9 Å². The Kier molecular flexibility index (Phi) is 7.11. The molecule has 0 radical (unpaired) electrons. The van der Waals surface area contributed by atoms with Gasteiger partial charge in [-0.05, 0) is 94.1 Å². The molecule has 0 spiro atoms. The van der Waals surface area contributed by atoms with Gasteiger partial charge in [0.05, 0.1) is 12.7 Å². The molecule has 0 aliphatic carbocycles. The van der Waals surface area contributed by atoms with Crippen molar-refractivity contribution in [1.82, 2.24) is 9.55 Å². The summed E-state index contributed by atoms with van der Waals surface area (Å²) in [6.45, 7) is 11.8. The van der Waals surface area contributed by atoms with Gasteiger partial charge in [-0.2, -0.15) is 0 Å². The number of carboxylic acids is 1. The number of methoxy groups -OCH3 is 1. The van der Waals surface area contributed by atoms with Gasteiger partial charge in [-0.15, -0.1) is 0 Å². The monoisotopic (exact) mass is 504 g/mol. The highest BCUT2D eigenvalue weighted by Gasteiger charge is 2.33. The normalized spacial score (nSPS) is 12.6. The first-order valence-corrected chi connectivity index (χ1v) is 12.2. The molecule has 0 saturated heterocycles. The number of carbonyl (C=O) groups is 1. The number of hydrogen-bond donors (Lipinski definition) is 1. The third-order valence-electron chi connectivity index (χ3n) is 6.31. The van der Waals surface area contributed by atoms with E-state index in [1.165, 1.54) is 12.1 Å². The third-order valence-corrected chi connectivity index (χ3v) is 6.31. The van der Waals surface area contributed by atoms with Crippen LogP contribution in [0.2, 0.25) is 0 Å². The lowest BCUT2D eigenvalue weighted by molar-refractivity contribution is -0.160. The number of carboxylic acid groups (broad SMARTS) is 1. The summed E-state index contributed by atoms with van der Waals surface area (Å²) >= 11 is 0. The van der Waals surface area contributed by atoms with Crippen molar-refractivity contribution < 1.29 is 23.8 Å². The molecule has 4 aromatic rings. The van der Waals surface area contributed by atoms with Crippen LogP contribution in [0.15, 0.2) is 48.7 Å². The molecule has 0 aliphatic rings. The number of benzene rings is 2. The van der Waals surface area contributed by atoms with Gasteiger partial charge in [0.2, 0.25) is 0 Å². The molecule has 2 heterocycles. The van der Waals surface area contributed by atoms with Crippen molar-refractivity contribution >= 4 is 17.0 Å². The molecule has 0 amide bonds. The van der Waals surface area contributed by atoms with E-state index < -0.39 is 17.7 Å². The maximum absolute atomic E-state index is 13.4. The number of fused-ring (bicyclic) bond motifs is 1. The second kappa shape index (κ2) is 9.98. The Labute approximate surface area is 216 Å². The van der Waals surface area contributed by atoms with Crippen LogP contribution in [0.25, 0.3) is 22.2 Å². The zero-order valence-corrected chi connectivity index (χ0v) is 22.3. The zero-order chi connectivity index (χ0) is 27.1. The van der Waals surface area contributed by atoms with Crippen LogP contribution in [-0.2, 0) is 16.1 Å². The minimum absolute atomic E-state index is 0.286. The summed E-state index contributed by atoms with van der Waals surface area (Å²) in [7, 11) is 1.64. The summed E-state index contributed by atoms with van der Waals surface area (Å²) in [5.41, 5.74) is 5.58. The topological polar surface area (TPSA) is 73.6 Å². The number of hydrogen-bond acceptors (Lipinski definition) is 4. The molecule has 1 atom stereocenters. The van der Waals surface area contributed by atoms with Gasteiger partial charge in [0.15, 0.2) is 6.10 Å². The number of aliphatic carboxylic acids is 1. The Morgan fingerprint density at radius 1 is 1.08 bits per heavy atom. The van der Waals surface area contributed by atoms with Crippen molar-refractivity contribution in [3.8, 4) is 16.9 Å². The van der Waals surface area contributed by atoms with Crippen LogP contribution < -0.4 is 4.74 Å². The number of aromatic nitrogens is 2. The molecule has 4 rings (SSSR count). The number of aryl methyl sites for hydroxylation is 3. The van der Waals surface area contributed by atoms with Crippen LogP contribution in [-0.4, -0.2) is 33.3 Å². The molecule has 0 bridgehead atoms. The van der Waals surface area contributed by atoms with E-state index in [0.717, 1.165) is 39.0 Å². The van der Waals surface area contributed by atoms with E-state index in [9.17, 15) is 14.3 Å². The summed E-state index contributed by atoms with van der Waals surface area (Å²) in [5.74, 6) is -0.569. The molecule has 37 heavy (non-hydrogen) atoms. The van der Waals surface area contributed by atoms with E-state index >= 15 is 0 Å². The predicted molar refractivity (Wildman–Crippen MR) is 143 cm³/mol. The molecular weight excluding hydrogens is 471 g/mol. The highest BCUT2D eigenvalue weighted by atomic mass is 19.1. The van der Waals surface area contributed by atoms with Gasteiger partial charge in [-0.1, -0.05) is 12.1 Å². The van der Waals surface area contributed by atoms with Crippen molar-refractivity contribution in [1.29, 1.82) is 0 Å². The second-order valence-electron chi connectivity index (χ2n) is 10.4. The zero-order valence-electron chi connectivity index (χ0n) is 22.3. The number of halogens is 1.